The smallest absolute Gasteiger partial charge is 0.236 e. The van der Waals surface area contributed by atoms with Gasteiger partial charge in [-0.05, 0) is 26.7 Å². The average molecular weight is 227 g/mol. The molecule has 94 valence electrons. The van der Waals surface area contributed by atoms with Gasteiger partial charge in [-0.2, -0.15) is 0 Å². The number of amides is 1. The zero-order valence-electron chi connectivity index (χ0n) is 10.8. The maximum atomic E-state index is 11.9. The van der Waals surface area contributed by atoms with E-state index in [9.17, 15) is 4.79 Å². The Kier molecular flexibility index (Phi) is 4.74. The minimum absolute atomic E-state index is 0.222. The molecule has 0 unspecified atom stereocenters. The minimum atomic E-state index is -0.222. The second kappa shape index (κ2) is 5.64. The van der Waals surface area contributed by atoms with Gasteiger partial charge in [-0.1, -0.05) is 6.92 Å². The summed E-state index contributed by atoms with van der Waals surface area (Å²) in [6.07, 6.45) is 2.09. The largest absolute Gasteiger partial charge is 0.342 e. The zero-order chi connectivity index (χ0) is 12.2. The van der Waals surface area contributed by atoms with E-state index in [2.05, 4.69) is 11.8 Å². The Balaban J connectivity index is 2.51. The highest BCUT2D eigenvalue weighted by Crippen LogP contribution is 2.08. The van der Waals surface area contributed by atoms with Gasteiger partial charge in [0.1, 0.15) is 0 Å². The number of rotatable bonds is 4. The third-order valence-corrected chi connectivity index (χ3v) is 2.74. The summed E-state index contributed by atoms with van der Waals surface area (Å²) in [4.78, 5) is 16.1. The molecule has 1 heterocycles. The first-order valence-corrected chi connectivity index (χ1v) is 6.21. The van der Waals surface area contributed by atoms with Crippen LogP contribution in [0.1, 0.15) is 33.6 Å². The van der Waals surface area contributed by atoms with Gasteiger partial charge in [-0.3, -0.25) is 9.69 Å². The Morgan fingerprint density at radius 3 is 2.62 bits per heavy atom. The predicted molar refractivity (Wildman–Crippen MR) is 66.2 cm³/mol. The van der Waals surface area contributed by atoms with Gasteiger partial charge in [0, 0.05) is 31.7 Å². The molecule has 0 aliphatic carbocycles. The van der Waals surface area contributed by atoms with Crippen LogP contribution in [0.15, 0.2) is 0 Å². The van der Waals surface area contributed by atoms with Crippen LogP contribution in [0.25, 0.3) is 0 Å². The van der Waals surface area contributed by atoms with Gasteiger partial charge in [-0.15, -0.1) is 0 Å². The molecule has 16 heavy (non-hydrogen) atoms. The van der Waals surface area contributed by atoms with Crippen LogP contribution in [0, 0.1) is 0 Å². The van der Waals surface area contributed by atoms with E-state index >= 15 is 0 Å². The van der Waals surface area contributed by atoms with Crippen LogP contribution in [0.3, 0.4) is 0 Å². The third kappa shape index (κ3) is 4.49. The Morgan fingerprint density at radius 1 is 1.38 bits per heavy atom. The molecule has 4 nitrogen and oxygen atoms in total. The number of carbonyl (C=O) groups is 1. The second-order valence-electron chi connectivity index (χ2n) is 5.43. The van der Waals surface area contributed by atoms with Crippen molar-refractivity contribution in [3.05, 3.63) is 0 Å². The van der Waals surface area contributed by atoms with Gasteiger partial charge in [-0.25, -0.2) is 0 Å². The molecule has 0 spiro atoms. The Hall–Kier alpha value is -0.610. The lowest BCUT2D eigenvalue weighted by molar-refractivity contribution is -0.131. The fraction of sp³-hybridized carbons (Fsp3) is 0.917. The SMILES string of the molecule is CCCN1CCCN(CC(C)(C)N)CC1=O. The maximum Gasteiger partial charge on any atom is 0.236 e. The summed E-state index contributed by atoms with van der Waals surface area (Å²) >= 11 is 0. The first-order chi connectivity index (χ1) is 7.42. The predicted octanol–water partition coefficient (Wildman–Crippen LogP) is 0.668. The summed E-state index contributed by atoms with van der Waals surface area (Å²) in [6.45, 7) is 10.2. The van der Waals surface area contributed by atoms with Gasteiger partial charge in [0.05, 0.1) is 6.54 Å². The van der Waals surface area contributed by atoms with Gasteiger partial charge >= 0.3 is 0 Å². The molecule has 0 aromatic heterocycles. The monoisotopic (exact) mass is 227 g/mol. The van der Waals surface area contributed by atoms with Crippen molar-refractivity contribution in [1.82, 2.24) is 9.80 Å². The lowest BCUT2D eigenvalue weighted by Crippen LogP contribution is -2.47. The van der Waals surface area contributed by atoms with E-state index in [0.29, 0.717) is 6.54 Å². The number of nitrogens with zero attached hydrogens (tertiary/aromatic N) is 2. The molecule has 2 N–H and O–H groups in total. The standard InChI is InChI=1S/C12H25N3O/c1-4-6-15-8-5-7-14(9-11(15)16)10-12(2,3)13/h4-10,13H2,1-3H3. The number of nitrogens with two attached hydrogens (primary N) is 1. The van der Waals surface area contributed by atoms with Crippen LogP contribution in [-0.2, 0) is 4.79 Å². The van der Waals surface area contributed by atoms with E-state index in [4.69, 9.17) is 5.73 Å². The summed E-state index contributed by atoms with van der Waals surface area (Å²) in [5.41, 5.74) is 5.77. The van der Waals surface area contributed by atoms with Crippen LogP contribution < -0.4 is 5.73 Å². The molecule has 4 heteroatoms. The summed E-state index contributed by atoms with van der Waals surface area (Å²) < 4.78 is 0. The quantitative estimate of drug-likeness (QED) is 0.768. The van der Waals surface area contributed by atoms with Crippen LogP contribution in [-0.4, -0.2) is 54.0 Å². The van der Waals surface area contributed by atoms with E-state index in [1.165, 1.54) is 0 Å². The highest BCUT2D eigenvalue weighted by molar-refractivity contribution is 5.78. The normalized spacial score (nSPS) is 20.0. The van der Waals surface area contributed by atoms with Crippen LogP contribution in [0.2, 0.25) is 0 Å². The number of hydrogen-bond donors (Lipinski definition) is 1. The molecular formula is C12H25N3O. The summed E-state index contributed by atoms with van der Waals surface area (Å²) in [6, 6.07) is 0. The number of carbonyl (C=O) groups excluding carboxylic acids is 1. The fourth-order valence-electron chi connectivity index (χ4n) is 2.20. The molecule has 1 fully saturated rings. The van der Waals surface area contributed by atoms with Crippen LogP contribution >= 0.6 is 0 Å². The van der Waals surface area contributed by atoms with Crippen molar-refractivity contribution in [2.75, 3.05) is 32.7 Å². The van der Waals surface area contributed by atoms with E-state index in [1.54, 1.807) is 0 Å². The highest BCUT2D eigenvalue weighted by atomic mass is 16.2. The Bertz CT molecular complexity index is 235. The molecule has 0 bridgehead atoms. The van der Waals surface area contributed by atoms with Crippen molar-refractivity contribution in [3.8, 4) is 0 Å². The molecular weight excluding hydrogens is 202 g/mol. The summed E-state index contributed by atoms with van der Waals surface area (Å²) in [5.74, 6) is 0.253. The van der Waals surface area contributed by atoms with E-state index in [-0.39, 0.29) is 11.4 Å². The van der Waals surface area contributed by atoms with E-state index < -0.39 is 0 Å². The van der Waals surface area contributed by atoms with Crippen molar-refractivity contribution in [3.63, 3.8) is 0 Å². The van der Waals surface area contributed by atoms with Crippen LogP contribution in [0.4, 0.5) is 0 Å². The minimum Gasteiger partial charge on any atom is -0.342 e. The molecule has 1 aliphatic heterocycles. The average Bonchev–Trinajstić information content (AvgIpc) is 2.27. The molecule has 0 saturated carbocycles. The summed E-state index contributed by atoms with van der Waals surface area (Å²) in [7, 11) is 0. The fourth-order valence-corrected chi connectivity index (χ4v) is 2.20. The molecule has 0 aromatic rings. The van der Waals surface area contributed by atoms with Gasteiger partial charge < -0.3 is 10.6 Å². The lowest BCUT2D eigenvalue weighted by Gasteiger charge is -2.28. The van der Waals surface area contributed by atoms with Crippen molar-refractivity contribution in [1.29, 1.82) is 0 Å². The molecule has 1 saturated heterocycles. The van der Waals surface area contributed by atoms with E-state index in [1.807, 2.05) is 18.7 Å². The molecule has 1 rings (SSSR count). The third-order valence-electron chi connectivity index (χ3n) is 2.74. The first-order valence-electron chi connectivity index (χ1n) is 6.21. The molecule has 0 radical (unpaired) electrons. The maximum absolute atomic E-state index is 11.9. The van der Waals surface area contributed by atoms with Crippen molar-refractivity contribution in [2.45, 2.75) is 39.2 Å². The van der Waals surface area contributed by atoms with Gasteiger partial charge in [0.2, 0.25) is 5.91 Å². The van der Waals surface area contributed by atoms with Crippen molar-refractivity contribution < 1.29 is 4.79 Å². The molecule has 0 aromatic carbocycles. The molecule has 0 atom stereocenters. The van der Waals surface area contributed by atoms with Gasteiger partial charge in [0.25, 0.3) is 0 Å². The topological polar surface area (TPSA) is 49.6 Å². The van der Waals surface area contributed by atoms with Crippen molar-refractivity contribution in [2.24, 2.45) is 5.73 Å². The van der Waals surface area contributed by atoms with Gasteiger partial charge in [0.15, 0.2) is 0 Å². The molecule has 1 amide bonds. The Labute approximate surface area is 98.8 Å². The molecule has 1 aliphatic rings. The Morgan fingerprint density at radius 2 is 2.06 bits per heavy atom. The second-order valence-corrected chi connectivity index (χ2v) is 5.43. The zero-order valence-corrected chi connectivity index (χ0v) is 10.8. The van der Waals surface area contributed by atoms with Crippen molar-refractivity contribution >= 4 is 5.91 Å². The first kappa shape index (κ1) is 13.5. The lowest BCUT2D eigenvalue weighted by atomic mass is 10.1. The summed E-state index contributed by atoms with van der Waals surface area (Å²) in [5, 5.41) is 0. The number of hydrogen-bond acceptors (Lipinski definition) is 3. The van der Waals surface area contributed by atoms with Crippen LogP contribution in [0.5, 0.6) is 0 Å². The van der Waals surface area contributed by atoms with E-state index in [0.717, 1.165) is 39.0 Å². The highest BCUT2D eigenvalue weighted by Gasteiger charge is 2.24.